The second-order valence-electron chi connectivity index (χ2n) is 6.37. The molecule has 1 aromatic carbocycles. The highest BCUT2D eigenvalue weighted by atomic mass is 35.5. The topological polar surface area (TPSA) is 66.3 Å². The minimum absolute atomic E-state index is 0.0293. The summed E-state index contributed by atoms with van der Waals surface area (Å²) < 4.78 is 1.74. The molecular formula is C16H19ClN6O. The molecule has 2 aromatic rings. The van der Waals surface area contributed by atoms with Crippen LogP contribution in [0.4, 0.5) is 4.79 Å². The summed E-state index contributed by atoms with van der Waals surface area (Å²) in [7, 11) is 1.87. The lowest BCUT2D eigenvalue weighted by Gasteiger charge is -2.36. The standard InChI is InChI=1S/C16H19ClN6O/c1-21-14-4-5-22(8-13(14)20-16(21)24)7-11-2-3-12(17)6-15(11)23-10-18-9-19-23/h2-3,6,9-10,13-14H,4-5,7-8H2,1H3,(H,20,24)/t13-,14+/m1/s1. The van der Waals surface area contributed by atoms with Gasteiger partial charge in [0.05, 0.1) is 17.8 Å². The Morgan fingerprint density at radius 1 is 1.42 bits per heavy atom. The molecule has 2 aliphatic rings. The molecule has 0 unspecified atom stereocenters. The minimum atomic E-state index is 0.0293. The number of hydrogen-bond donors (Lipinski definition) is 1. The molecule has 2 saturated heterocycles. The van der Waals surface area contributed by atoms with Crippen molar-refractivity contribution in [1.29, 1.82) is 0 Å². The van der Waals surface area contributed by atoms with Crippen molar-refractivity contribution in [2.45, 2.75) is 25.0 Å². The number of piperidine rings is 1. The van der Waals surface area contributed by atoms with E-state index in [1.807, 2.05) is 30.1 Å². The Morgan fingerprint density at radius 2 is 2.29 bits per heavy atom. The molecular weight excluding hydrogens is 328 g/mol. The number of likely N-dealkylation sites (tertiary alicyclic amines) is 1. The van der Waals surface area contributed by atoms with Crippen LogP contribution in [0, 0.1) is 0 Å². The zero-order valence-corrected chi connectivity index (χ0v) is 14.1. The number of amides is 2. The summed E-state index contributed by atoms with van der Waals surface area (Å²) in [5.74, 6) is 0. The maximum Gasteiger partial charge on any atom is 0.317 e. The number of aromatic nitrogens is 3. The summed E-state index contributed by atoms with van der Waals surface area (Å²) in [4.78, 5) is 20.0. The fraction of sp³-hybridized carbons (Fsp3) is 0.438. The fourth-order valence-corrected chi connectivity index (χ4v) is 3.79. The first-order valence-corrected chi connectivity index (χ1v) is 8.39. The Kier molecular flexibility index (Phi) is 3.90. The number of nitrogens with zero attached hydrogens (tertiary/aromatic N) is 5. The second-order valence-corrected chi connectivity index (χ2v) is 6.81. The minimum Gasteiger partial charge on any atom is -0.332 e. The first-order valence-electron chi connectivity index (χ1n) is 8.01. The molecule has 8 heteroatoms. The predicted molar refractivity (Wildman–Crippen MR) is 90.1 cm³/mol. The average Bonchev–Trinajstić information content (AvgIpc) is 3.18. The van der Waals surface area contributed by atoms with Crippen LogP contribution in [0.15, 0.2) is 30.9 Å². The number of urea groups is 1. The van der Waals surface area contributed by atoms with Gasteiger partial charge in [0.1, 0.15) is 12.7 Å². The van der Waals surface area contributed by atoms with Gasteiger partial charge in [0.2, 0.25) is 0 Å². The van der Waals surface area contributed by atoms with E-state index in [0.29, 0.717) is 11.1 Å². The highest BCUT2D eigenvalue weighted by Crippen LogP contribution is 2.25. The Hall–Kier alpha value is -2.12. The van der Waals surface area contributed by atoms with E-state index in [2.05, 4.69) is 20.3 Å². The quantitative estimate of drug-likeness (QED) is 0.915. The monoisotopic (exact) mass is 346 g/mol. The number of carbonyl (C=O) groups is 1. The van der Waals surface area contributed by atoms with Crippen molar-refractivity contribution in [3.05, 3.63) is 41.4 Å². The van der Waals surface area contributed by atoms with E-state index in [9.17, 15) is 4.79 Å². The average molecular weight is 347 g/mol. The third-order valence-corrected chi connectivity index (χ3v) is 5.13. The van der Waals surface area contributed by atoms with E-state index in [1.54, 1.807) is 11.0 Å². The van der Waals surface area contributed by atoms with Crippen molar-refractivity contribution in [3.63, 3.8) is 0 Å². The fourth-order valence-electron chi connectivity index (χ4n) is 3.62. The Bertz CT molecular complexity index is 749. The van der Waals surface area contributed by atoms with Crippen molar-refractivity contribution in [2.75, 3.05) is 20.1 Å². The lowest BCUT2D eigenvalue weighted by Crippen LogP contribution is -2.50. The number of fused-ring (bicyclic) bond motifs is 1. The zero-order valence-electron chi connectivity index (χ0n) is 13.4. The van der Waals surface area contributed by atoms with Crippen LogP contribution >= 0.6 is 11.6 Å². The summed E-state index contributed by atoms with van der Waals surface area (Å²) >= 11 is 6.15. The molecule has 2 aliphatic heterocycles. The van der Waals surface area contributed by atoms with Gasteiger partial charge in [-0.25, -0.2) is 14.5 Å². The molecule has 2 atom stereocenters. The first kappa shape index (κ1) is 15.4. The van der Waals surface area contributed by atoms with Crippen LogP contribution in [0.5, 0.6) is 0 Å². The highest BCUT2D eigenvalue weighted by molar-refractivity contribution is 6.30. The largest absolute Gasteiger partial charge is 0.332 e. The number of nitrogens with one attached hydrogen (secondary N) is 1. The van der Waals surface area contributed by atoms with Crippen molar-refractivity contribution in [3.8, 4) is 5.69 Å². The van der Waals surface area contributed by atoms with Crippen molar-refractivity contribution in [2.24, 2.45) is 0 Å². The van der Waals surface area contributed by atoms with Gasteiger partial charge in [0.25, 0.3) is 0 Å². The summed E-state index contributed by atoms with van der Waals surface area (Å²) in [6.45, 7) is 2.59. The first-order chi connectivity index (χ1) is 11.6. The van der Waals surface area contributed by atoms with Gasteiger partial charge in [-0.15, -0.1) is 0 Å². The second kappa shape index (κ2) is 6.07. The summed E-state index contributed by atoms with van der Waals surface area (Å²) in [6, 6.07) is 6.36. The highest BCUT2D eigenvalue weighted by Gasteiger charge is 2.40. The normalized spacial score (nSPS) is 24.1. The van der Waals surface area contributed by atoms with Crippen LogP contribution < -0.4 is 5.32 Å². The van der Waals surface area contributed by atoms with E-state index in [1.165, 1.54) is 6.33 Å². The molecule has 126 valence electrons. The van der Waals surface area contributed by atoms with E-state index in [4.69, 9.17) is 11.6 Å². The van der Waals surface area contributed by atoms with Gasteiger partial charge in [-0.3, -0.25) is 4.90 Å². The van der Waals surface area contributed by atoms with Gasteiger partial charge < -0.3 is 10.2 Å². The molecule has 4 rings (SSSR count). The molecule has 0 radical (unpaired) electrons. The van der Waals surface area contributed by atoms with Gasteiger partial charge in [-0.2, -0.15) is 5.10 Å². The third-order valence-electron chi connectivity index (χ3n) is 4.89. The van der Waals surface area contributed by atoms with Gasteiger partial charge in [-0.05, 0) is 24.1 Å². The van der Waals surface area contributed by atoms with Crippen LogP contribution in [0.1, 0.15) is 12.0 Å². The summed E-state index contributed by atoms with van der Waals surface area (Å²) in [5.41, 5.74) is 2.08. The van der Waals surface area contributed by atoms with E-state index < -0.39 is 0 Å². The lowest BCUT2D eigenvalue weighted by molar-refractivity contribution is 0.147. The predicted octanol–water partition coefficient (Wildman–Crippen LogP) is 1.52. The zero-order chi connectivity index (χ0) is 16.7. The summed E-state index contributed by atoms with van der Waals surface area (Å²) in [5, 5.41) is 7.96. The van der Waals surface area contributed by atoms with Gasteiger partial charge in [0, 0.05) is 31.7 Å². The van der Waals surface area contributed by atoms with Crippen molar-refractivity contribution in [1.82, 2.24) is 29.9 Å². The molecule has 0 saturated carbocycles. The number of hydrogen-bond acceptors (Lipinski definition) is 4. The molecule has 0 spiro atoms. The molecule has 2 amide bonds. The molecule has 1 aromatic heterocycles. The van der Waals surface area contributed by atoms with E-state index in [-0.39, 0.29) is 12.1 Å². The molecule has 24 heavy (non-hydrogen) atoms. The molecule has 2 fully saturated rings. The number of likely N-dealkylation sites (N-methyl/N-ethyl adjacent to an activating group) is 1. The van der Waals surface area contributed by atoms with Gasteiger partial charge in [-0.1, -0.05) is 17.7 Å². The Balaban J connectivity index is 1.53. The molecule has 0 bridgehead atoms. The number of benzene rings is 1. The van der Waals surface area contributed by atoms with Crippen LogP contribution in [-0.2, 0) is 6.54 Å². The smallest absolute Gasteiger partial charge is 0.317 e. The van der Waals surface area contributed by atoms with E-state index in [0.717, 1.165) is 37.3 Å². The Labute approximate surface area is 145 Å². The third kappa shape index (κ3) is 2.74. The van der Waals surface area contributed by atoms with Crippen LogP contribution in [0.25, 0.3) is 5.69 Å². The van der Waals surface area contributed by atoms with Crippen molar-refractivity contribution >= 4 is 17.6 Å². The van der Waals surface area contributed by atoms with E-state index >= 15 is 0 Å². The lowest BCUT2D eigenvalue weighted by atomic mass is 9.99. The summed E-state index contributed by atoms with van der Waals surface area (Å²) in [6.07, 6.45) is 4.17. The SMILES string of the molecule is CN1C(=O)N[C@@H]2CN(Cc3ccc(Cl)cc3-n3cncn3)CC[C@@H]21. The number of carbonyl (C=O) groups excluding carboxylic acids is 1. The van der Waals surface area contributed by atoms with Crippen LogP contribution in [0.3, 0.4) is 0 Å². The molecule has 1 N–H and O–H groups in total. The maximum atomic E-state index is 11.8. The van der Waals surface area contributed by atoms with Gasteiger partial charge in [0.15, 0.2) is 0 Å². The molecule has 0 aliphatic carbocycles. The van der Waals surface area contributed by atoms with Crippen LogP contribution in [0.2, 0.25) is 5.02 Å². The number of rotatable bonds is 3. The van der Waals surface area contributed by atoms with Crippen molar-refractivity contribution < 1.29 is 4.79 Å². The molecule has 3 heterocycles. The van der Waals surface area contributed by atoms with Gasteiger partial charge >= 0.3 is 6.03 Å². The maximum absolute atomic E-state index is 11.8. The number of halogens is 1. The Morgan fingerprint density at radius 3 is 3.08 bits per heavy atom. The molecule has 7 nitrogen and oxygen atoms in total. The van der Waals surface area contributed by atoms with Crippen LogP contribution in [-0.4, -0.2) is 62.8 Å².